The lowest BCUT2D eigenvalue weighted by atomic mass is 10.0. The van der Waals surface area contributed by atoms with Crippen LogP contribution in [0.4, 0.5) is 0 Å². The van der Waals surface area contributed by atoms with Crippen LogP contribution in [0.25, 0.3) is 0 Å². The Morgan fingerprint density at radius 3 is 2.28 bits per heavy atom. The molecule has 0 amide bonds. The molecule has 0 aromatic heterocycles. The summed E-state index contributed by atoms with van der Waals surface area (Å²) in [6.07, 6.45) is 1.71. The van der Waals surface area contributed by atoms with Crippen LogP contribution >= 0.6 is 0 Å². The minimum atomic E-state index is 0.0493. The quantitative estimate of drug-likeness (QED) is 0.748. The van der Waals surface area contributed by atoms with Gasteiger partial charge in [-0.3, -0.25) is 4.79 Å². The monoisotopic (exact) mass is 240 g/mol. The first-order valence-electron chi connectivity index (χ1n) is 5.95. The lowest BCUT2D eigenvalue weighted by Crippen LogP contribution is -2.05. The van der Waals surface area contributed by atoms with Gasteiger partial charge in [0.05, 0.1) is 6.10 Å². The van der Waals surface area contributed by atoms with E-state index in [1.807, 2.05) is 42.5 Å². The Hall–Kier alpha value is -1.93. The fourth-order valence-corrected chi connectivity index (χ4v) is 1.95. The molecule has 2 rings (SSSR count). The molecule has 0 aliphatic heterocycles. The van der Waals surface area contributed by atoms with Crippen molar-refractivity contribution in [1.29, 1.82) is 0 Å². The predicted molar refractivity (Wildman–Crippen MR) is 71.7 cm³/mol. The van der Waals surface area contributed by atoms with Crippen molar-refractivity contribution in [2.45, 2.75) is 12.5 Å². The molecule has 2 nitrogen and oxygen atoms in total. The van der Waals surface area contributed by atoms with Crippen molar-refractivity contribution in [2.75, 3.05) is 7.11 Å². The van der Waals surface area contributed by atoms with Crippen LogP contribution in [-0.2, 0) is 11.2 Å². The number of rotatable bonds is 5. The van der Waals surface area contributed by atoms with Gasteiger partial charge in [0.15, 0.2) is 0 Å². The Bertz CT molecular complexity index is 488. The highest BCUT2D eigenvalue weighted by molar-refractivity contribution is 5.74. The lowest BCUT2D eigenvalue weighted by molar-refractivity contribution is 0.104. The fraction of sp³-hybridized carbons (Fsp3) is 0.188. The zero-order valence-electron chi connectivity index (χ0n) is 10.4. The maximum Gasteiger partial charge on any atom is 0.150 e. The minimum Gasteiger partial charge on any atom is -0.376 e. The third-order valence-corrected chi connectivity index (χ3v) is 2.99. The maximum atomic E-state index is 10.6. The summed E-state index contributed by atoms with van der Waals surface area (Å²) in [4.78, 5) is 10.6. The molecule has 1 unspecified atom stereocenters. The smallest absolute Gasteiger partial charge is 0.150 e. The van der Waals surface area contributed by atoms with Gasteiger partial charge < -0.3 is 4.74 Å². The van der Waals surface area contributed by atoms with Gasteiger partial charge >= 0.3 is 0 Å². The van der Waals surface area contributed by atoms with Gasteiger partial charge in [-0.2, -0.15) is 0 Å². The number of hydrogen-bond donors (Lipinski definition) is 0. The highest BCUT2D eigenvalue weighted by atomic mass is 16.5. The van der Waals surface area contributed by atoms with Crippen LogP contribution in [0, 0.1) is 0 Å². The van der Waals surface area contributed by atoms with Gasteiger partial charge in [0.2, 0.25) is 0 Å². The summed E-state index contributed by atoms with van der Waals surface area (Å²) in [5, 5.41) is 0. The van der Waals surface area contributed by atoms with E-state index in [1.54, 1.807) is 7.11 Å². The molecule has 0 N–H and O–H groups in total. The molecular formula is C16H16O2. The van der Waals surface area contributed by atoms with Gasteiger partial charge in [-0.1, -0.05) is 54.6 Å². The Morgan fingerprint density at radius 1 is 1.06 bits per heavy atom. The van der Waals surface area contributed by atoms with Crippen molar-refractivity contribution < 1.29 is 9.53 Å². The second-order valence-corrected chi connectivity index (χ2v) is 4.20. The van der Waals surface area contributed by atoms with Crippen LogP contribution in [0.3, 0.4) is 0 Å². The van der Waals surface area contributed by atoms with E-state index in [0.717, 1.165) is 18.3 Å². The minimum absolute atomic E-state index is 0.0493. The van der Waals surface area contributed by atoms with E-state index < -0.39 is 0 Å². The van der Waals surface area contributed by atoms with E-state index in [1.165, 1.54) is 5.56 Å². The van der Waals surface area contributed by atoms with Crippen LogP contribution in [-0.4, -0.2) is 13.4 Å². The molecule has 18 heavy (non-hydrogen) atoms. The van der Waals surface area contributed by atoms with Crippen molar-refractivity contribution in [1.82, 2.24) is 0 Å². The molecule has 1 atom stereocenters. The van der Waals surface area contributed by atoms with E-state index in [4.69, 9.17) is 4.74 Å². The number of carbonyl (C=O) groups excluding carboxylic acids is 1. The van der Waals surface area contributed by atoms with E-state index >= 15 is 0 Å². The average molecular weight is 240 g/mol. The first-order chi connectivity index (χ1) is 8.83. The number of benzene rings is 2. The van der Waals surface area contributed by atoms with Crippen molar-refractivity contribution in [2.24, 2.45) is 0 Å². The van der Waals surface area contributed by atoms with E-state index in [0.29, 0.717) is 5.56 Å². The zero-order chi connectivity index (χ0) is 12.8. The van der Waals surface area contributed by atoms with E-state index in [2.05, 4.69) is 12.1 Å². The number of methoxy groups -OCH3 is 1. The number of carbonyl (C=O) groups is 1. The summed E-state index contributed by atoms with van der Waals surface area (Å²) in [5.74, 6) is 0. The van der Waals surface area contributed by atoms with Gasteiger partial charge in [0.25, 0.3) is 0 Å². The average Bonchev–Trinajstić information content (AvgIpc) is 2.46. The van der Waals surface area contributed by atoms with Crippen molar-refractivity contribution in [3.8, 4) is 0 Å². The maximum absolute atomic E-state index is 10.6. The van der Waals surface area contributed by atoms with Crippen LogP contribution in [0.2, 0.25) is 0 Å². The van der Waals surface area contributed by atoms with Gasteiger partial charge in [0.1, 0.15) is 6.29 Å². The van der Waals surface area contributed by atoms with Gasteiger partial charge in [-0.05, 0) is 11.1 Å². The summed E-state index contributed by atoms with van der Waals surface area (Å²) in [5.41, 5.74) is 3.03. The summed E-state index contributed by atoms with van der Waals surface area (Å²) in [6.45, 7) is 0. The summed E-state index contributed by atoms with van der Waals surface area (Å²) >= 11 is 0. The molecule has 0 saturated heterocycles. The summed E-state index contributed by atoms with van der Waals surface area (Å²) in [6, 6.07) is 17.8. The van der Waals surface area contributed by atoms with Crippen molar-refractivity contribution >= 4 is 6.29 Å². The third-order valence-electron chi connectivity index (χ3n) is 2.99. The molecule has 0 aliphatic rings. The molecule has 2 aromatic rings. The van der Waals surface area contributed by atoms with E-state index in [9.17, 15) is 4.79 Å². The van der Waals surface area contributed by atoms with Gasteiger partial charge in [0, 0.05) is 19.1 Å². The van der Waals surface area contributed by atoms with E-state index in [-0.39, 0.29) is 6.10 Å². The molecule has 2 aromatic carbocycles. The highest BCUT2D eigenvalue weighted by Crippen LogP contribution is 2.21. The number of hydrogen-bond acceptors (Lipinski definition) is 2. The first kappa shape index (κ1) is 12.5. The molecule has 0 aliphatic carbocycles. The molecule has 0 heterocycles. The molecule has 0 fully saturated rings. The molecule has 0 spiro atoms. The normalized spacial score (nSPS) is 12.1. The summed E-state index contributed by atoms with van der Waals surface area (Å²) in [7, 11) is 1.72. The largest absolute Gasteiger partial charge is 0.376 e. The predicted octanol–water partition coefficient (Wildman–Crippen LogP) is 3.43. The SMILES string of the molecule is COC(Cc1ccc(C=O)cc1)c1ccccc1. The Balaban J connectivity index is 2.12. The topological polar surface area (TPSA) is 26.3 Å². The first-order valence-corrected chi connectivity index (χ1v) is 5.95. The Morgan fingerprint density at radius 2 is 1.72 bits per heavy atom. The Labute approximate surface area is 107 Å². The highest BCUT2D eigenvalue weighted by Gasteiger charge is 2.10. The lowest BCUT2D eigenvalue weighted by Gasteiger charge is -2.15. The second kappa shape index (κ2) is 6.12. The molecule has 92 valence electrons. The van der Waals surface area contributed by atoms with Crippen LogP contribution in [0.5, 0.6) is 0 Å². The van der Waals surface area contributed by atoms with Gasteiger partial charge in [-0.15, -0.1) is 0 Å². The van der Waals surface area contributed by atoms with Gasteiger partial charge in [-0.25, -0.2) is 0 Å². The molecular weight excluding hydrogens is 224 g/mol. The number of ether oxygens (including phenoxy) is 1. The second-order valence-electron chi connectivity index (χ2n) is 4.20. The third kappa shape index (κ3) is 3.05. The van der Waals surface area contributed by atoms with Crippen molar-refractivity contribution in [3.63, 3.8) is 0 Å². The van der Waals surface area contributed by atoms with Crippen LogP contribution in [0.15, 0.2) is 54.6 Å². The summed E-state index contributed by atoms with van der Waals surface area (Å²) < 4.78 is 5.53. The molecule has 0 bridgehead atoms. The molecule has 0 radical (unpaired) electrons. The van der Waals surface area contributed by atoms with Crippen LogP contribution < -0.4 is 0 Å². The van der Waals surface area contributed by atoms with Crippen molar-refractivity contribution in [3.05, 3.63) is 71.3 Å². The molecule has 0 saturated carbocycles. The fourth-order valence-electron chi connectivity index (χ4n) is 1.95. The van der Waals surface area contributed by atoms with Crippen LogP contribution in [0.1, 0.15) is 27.6 Å². The Kier molecular flexibility index (Phi) is 4.26. The molecule has 2 heteroatoms. The standard InChI is InChI=1S/C16H16O2/c1-18-16(15-5-3-2-4-6-15)11-13-7-9-14(12-17)10-8-13/h2-10,12,16H,11H2,1H3. The zero-order valence-corrected chi connectivity index (χ0v) is 10.4. The number of aldehydes is 1.